The average molecular weight is 1140 g/mol. The average Bonchev–Trinajstić information content (AvgIpc) is 4.07. The molecule has 20 heteroatoms. The number of imide groups is 1. The third-order valence-electron chi connectivity index (χ3n) is 20.5. The van der Waals surface area contributed by atoms with Crippen LogP contribution in [0.3, 0.4) is 0 Å². The van der Waals surface area contributed by atoms with Gasteiger partial charge >= 0.3 is 17.8 Å². The van der Waals surface area contributed by atoms with Crippen LogP contribution in [0.25, 0.3) is 44.0 Å². The van der Waals surface area contributed by atoms with Crippen molar-refractivity contribution in [3.8, 4) is 23.0 Å². The minimum Gasteiger partial charge on any atom is -0.508 e. The second-order valence-corrected chi connectivity index (χ2v) is 25.5. The molecule has 3 amide bonds. The fraction of sp³-hybridized carbons (Fsp3) is 0.571. The van der Waals surface area contributed by atoms with Crippen molar-refractivity contribution in [3.05, 3.63) is 81.9 Å². The first kappa shape index (κ1) is 55.4. The second-order valence-electron chi connectivity index (χ2n) is 25.5. The number of anilines is 1. The number of phenols is 1. The molecule has 3 aromatic carbocycles. The van der Waals surface area contributed by atoms with E-state index >= 15 is 8.78 Å². The van der Waals surface area contributed by atoms with E-state index in [0.29, 0.717) is 84.8 Å². The fourth-order valence-electron chi connectivity index (χ4n) is 15.9. The molecule has 6 aliphatic heterocycles. The Morgan fingerprint density at radius 2 is 1.64 bits per heavy atom. The normalized spacial score (nSPS) is 25.7. The van der Waals surface area contributed by atoms with E-state index in [1.807, 2.05) is 22.8 Å². The number of hydrogen-bond acceptors (Lipinski definition) is 14. The minimum atomic E-state index is -1.00. The monoisotopic (exact) mass is 1140 g/mol. The van der Waals surface area contributed by atoms with Crippen molar-refractivity contribution in [2.75, 3.05) is 63.9 Å². The number of rotatable bonds is 11. The lowest BCUT2D eigenvalue weighted by atomic mass is 9.66. The SMILES string of the molecule is CCc1c(F)ccc2cc(O)cc(-c3ncc4c(N5CCC[C@@](C)(O)C5)nc(OC[C@@]56CCCN5[C@H](COC(=O)N5CCC7(CCC(N8CCC(c9ccc%10c(c9)n(C)c(=O)n%10C9CCC(=O)NC9=O)CC8)CC7)CC5)CC6)nc4c3F)c12. The predicted octanol–water partition coefficient (Wildman–Crippen LogP) is 8.79. The maximum absolute atomic E-state index is 17.3. The fourth-order valence-corrected chi connectivity index (χ4v) is 15.9. The highest BCUT2D eigenvalue weighted by Crippen LogP contribution is 2.48. The lowest BCUT2D eigenvalue weighted by Crippen LogP contribution is -2.50. The van der Waals surface area contributed by atoms with Gasteiger partial charge in [-0.3, -0.25) is 33.9 Å². The Morgan fingerprint density at radius 1 is 0.855 bits per heavy atom. The van der Waals surface area contributed by atoms with Crippen molar-refractivity contribution < 1.29 is 42.9 Å². The van der Waals surface area contributed by atoms with Crippen LogP contribution in [-0.4, -0.2) is 149 Å². The zero-order valence-electron chi connectivity index (χ0n) is 47.9. The summed E-state index contributed by atoms with van der Waals surface area (Å²) in [4.78, 5) is 74.8. The number of aromatic hydroxyl groups is 1. The molecule has 3 aromatic heterocycles. The Hall–Kier alpha value is -6.77. The van der Waals surface area contributed by atoms with Gasteiger partial charge < -0.3 is 34.4 Å². The number of amides is 3. The first-order valence-electron chi connectivity index (χ1n) is 30.4. The van der Waals surface area contributed by atoms with E-state index in [4.69, 9.17) is 19.4 Å². The molecule has 9 heterocycles. The number of nitrogens with one attached hydrogen (secondary N) is 1. The largest absolute Gasteiger partial charge is 0.508 e. The number of pyridine rings is 1. The van der Waals surface area contributed by atoms with Gasteiger partial charge in [-0.15, -0.1) is 0 Å². The molecule has 1 unspecified atom stereocenters. The third-order valence-corrected chi connectivity index (χ3v) is 20.5. The molecular formula is C63H76F2N10O8. The van der Waals surface area contributed by atoms with E-state index in [2.05, 4.69) is 32.2 Å². The first-order chi connectivity index (χ1) is 40.0. The Labute approximate surface area is 481 Å². The molecule has 1 spiro atoms. The van der Waals surface area contributed by atoms with E-state index in [1.54, 1.807) is 29.2 Å². The summed E-state index contributed by atoms with van der Waals surface area (Å²) >= 11 is 0. The van der Waals surface area contributed by atoms with E-state index in [-0.39, 0.29) is 89.4 Å². The molecule has 6 aromatic rings. The van der Waals surface area contributed by atoms with Crippen molar-refractivity contribution >= 4 is 56.4 Å². The number of hydrogen-bond donors (Lipinski definition) is 3. The van der Waals surface area contributed by atoms with E-state index in [1.165, 1.54) is 30.0 Å². The molecule has 4 atom stereocenters. The number of β-amino-alcohol motifs (C(OH)–C–C–N with tert-alkyl or cyclic N) is 1. The molecule has 0 radical (unpaired) electrons. The number of piperidine rings is 4. The van der Waals surface area contributed by atoms with Crippen LogP contribution in [-0.2, 0) is 27.8 Å². The van der Waals surface area contributed by atoms with Crippen LogP contribution in [0.15, 0.2) is 53.5 Å². The second kappa shape index (κ2) is 21.7. The lowest BCUT2D eigenvalue weighted by Gasteiger charge is -2.48. The van der Waals surface area contributed by atoms with Gasteiger partial charge in [-0.25, -0.2) is 18.4 Å². The van der Waals surface area contributed by atoms with Crippen molar-refractivity contribution in [2.45, 2.75) is 158 Å². The predicted molar refractivity (Wildman–Crippen MR) is 309 cm³/mol. The van der Waals surface area contributed by atoms with E-state index < -0.39 is 29.2 Å². The van der Waals surface area contributed by atoms with Gasteiger partial charge in [-0.1, -0.05) is 19.1 Å². The Balaban J connectivity index is 0.617. The molecular weight excluding hydrogens is 1060 g/mol. The quantitative estimate of drug-likeness (QED) is 0.104. The summed E-state index contributed by atoms with van der Waals surface area (Å²) in [6.07, 6.45) is 15.6. The number of aliphatic hydroxyl groups is 1. The van der Waals surface area contributed by atoms with Gasteiger partial charge in [0.25, 0.3) is 0 Å². The highest BCUT2D eigenvalue weighted by atomic mass is 19.1. The Morgan fingerprint density at radius 3 is 2.40 bits per heavy atom. The number of aromatic nitrogens is 5. The van der Waals surface area contributed by atoms with Crippen LogP contribution < -0.4 is 20.6 Å². The number of carbonyl (C=O) groups is 3. The Kier molecular flexibility index (Phi) is 14.5. The highest BCUT2D eigenvalue weighted by molar-refractivity contribution is 6.02. The van der Waals surface area contributed by atoms with Crippen LogP contribution >= 0.6 is 0 Å². The highest BCUT2D eigenvalue weighted by Gasteiger charge is 2.51. The summed E-state index contributed by atoms with van der Waals surface area (Å²) in [5.41, 5.74) is 1.91. The molecule has 6 saturated heterocycles. The zero-order valence-corrected chi connectivity index (χ0v) is 47.9. The molecule has 7 aliphatic rings. The summed E-state index contributed by atoms with van der Waals surface area (Å²) in [5, 5.41) is 25.7. The number of phenolic OH excluding ortho intramolecular Hbond substituents is 1. The third kappa shape index (κ3) is 10.2. The van der Waals surface area contributed by atoms with E-state index in [9.17, 15) is 29.4 Å². The first-order valence-corrected chi connectivity index (χ1v) is 30.4. The number of imidazole rings is 1. The molecule has 1 saturated carbocycles. The van der Waals surface area contributed by atoms with Crippen LogP contribution in [0, 0.1) is 17.0 Å². The number of nitrogens with zero attached hydrogens (tertiary/aromatic N) is 9. The van der Waals surface area contributed by atoms with Crippen LogP contribution in [0.4, 0.5) is 19.4 Å². The van der Waals surface area contributed by atoms with Gasteiger partial charge in [0.2, 0.25) is 11.8 Å². The molecule has 440 valence electrons. The number of halogens is 2. The van der Waals surface area contributed by atoms with Crippen molar-refractivity contribution in [1.82, 2.24) is 44.1 Å². The number of fused-ring (bicyclic) bond motifs is 4. The van der Waals surface area contributed by atoms with Crippen LogP contribution in [0.5, 0.6) is 11.8 Å². The molecule has 7 fully saturated rings. The molecule has 13 rings (SSSR count). The zero-order chi connectivity index (χ0) is 57.5. The van der Waals surface area contributed by atoms with Crippen molar-refractivity contribution in [3.63, 3.8) is 0 Å². The minimum absolute atomic E-state index is 0.00659. The van der Waals surface area contributed by atoms with Crippen LogP contribution in [0.2, 0.25) is 0 Å². The molecule has 83 heavy (non-hydrogen) atoms. The summed E-state index contributed by atoms with van der Waals surface area (Å²) in [5.74, 6) is -1.23. The van der Waals surface area contributed by atoms with Crippen molar-refractivity contribution in [2.24, 2.45) is 12.5 Å². The summed E-state index contributed by atoms with van der Waals surface area (Å²) < 4.78 is 48.5. The topological polar surface area (TPSA) is 201 Å². The van der Waals surface area contributed by atoms with Gasteiger partial charge in [0.05, 0.1) is 27.6 Å². The van der Waals surface area contributed by atoms with E-state index in [0.717, 1.165) is 108 Å². The van der Waals surface area contributed by atoms with Crippen molar-refractivity contribution in [1.29, 1.82) is 0 Å². The number of likely N-dealkylation sites (tertiary alicyclic amines) is 2. The van der Waals surface area contributed by atoms with Gasteiger partial charge in [-0.2, -0.15) is 9.97 Å². The standard InChI is InChI=1S/C63H76F2N10O8/c1-4-44-47(64)9-7-40-31-43(76)33-45(52(40)44)54-53(65)55-46(34-66-54)56(73-25-5-18-61(2,81)36-73)69-58(68-55)83-37-63-19-6-26-74(63)42(15-22-63)35-82-60(80)72-29-23-62(24-30-72)20-13-41(14-21-62)71-27-16-38(17-28-71)39-8-10-48-50(32-39)70(3)59(79)75(48)49-11-12-51(77)67-57(49)78/h7-10,31-34,38,41-42,49,76,81H,4-6,11-30,35-37H2,1-3H3,(H,67,77,78)/t42-,49?,61+,63-/m0/s1. The smallest absolute Gasteiger partial charge is 0.409 e. The maximum Gasteiger partial charge on any atom is 0.409 e. The van der Waals surface area contributed by atoms with Gasteiger partial charge in [0.15, 0.2) is 5.82 Å². The summed E-state index contributed by atoms with van der Waals surface area (Å²) in [7, 11) is 1.75. The molecule has 18 nitrogen and oxygen atoms in total. The molecule has 1 aliphatic carbocycles. The lowest BCUT2D eigenvalue weighted by molar-refractivity contribution is -0.135. The maximum atomic E-state index is 17.3. The number of carbonyl (C=O) groups excluding carboxylic acids is 3. The number of benzene rings is 3. The number of aryl methyl sites for hydroxylation is 2. The molecule has 0 bridgehead atoms. The van der Waals surface area contributed by atoms with Gasteiger partial charge in [-0.05, 0) is 193 Å². The van der Waals surface area contributed by atoms with Crippen LogP contribution in [0.1, 0.15) is 140 Å². The number of ether oxygens (including phenoxy) is 2. The summed E-state index contributed by atoms with van der Waals surface area (Å²) in [6.45, 7) is 9.25. The van der Waals surface area contributed by atoms with Gasteiger partial charge in [0.1, 0.15) is 47.9 Å². The molecule has 3 N–H and O–H groups in total. The Bertz CT molecular complexity index is 3600. The summed E-state index contributed by atoms with van der Waals surface area (Å²) in [6, 6.07) is 11.9. The van der Waals surface area contributed by atoms with Gasteiger partial charge in [0, 0.05) is 63.5 Å².